The van der Waals surface area contributed by atoms with Crippen LogP contribution in [-0.4, -0.2) is 18.6 Å². The number of nitrogens with one attached hydrogen (secondary N) is 1. The minimum Gasteiger partial charge on any atom is -0.450 e. The van der Waals surface area contributed by atoms with Crippen molar-refractivity contribution >= 4 is 52.5 Å². The lowest BCUT2D eigenvalue weighted by Gasteiger charge is -2.23. The van der Waals surface area contributed by atoms with Gasteiger partial charge in [0.15, 0.2) is 0 Å². The van der Waals surface area contributed by atoms with Crippen LogP contribution in [0, 0.1) is 11.3 Å². The van der Waals surface area contributed by atoms with Gasteiger partial charge in [-0.05, 0) is 26.0 Å². The summed E-state index contributed by atoms with van der Waals surface area (Å²) < 4.78 is 4.58. The molecule has 0 saturated heterocycles. The van der Waals surface area contributed by atoms with Crippen LogP contribution in [-0.2, 0) is 9.53 Å². The van der Waals surface area contributed by atoms with E-state index in [9.17, 15) is 14.9 Å². The Bertz CT molecular complexity index is 720. The molecule has 7 nitrogen and oxygen atoms in total. The summed E-state index contributed by atoms with van der Waals surface area (Å²) in [6.07, 6.45) is -0.978. The van der Waals surface area contributed by atoms with E-state index < -0.39 is 17.6 Å². The average molecular weight is 392 g/mol. The van der Waals surface area contributed by atoms with E-state index in [0.717, 1.165) is 5.01 Å². The first-order chi connectivity index (χ1) is 11.2. The standard InChI is InChI=1S/C14H13Cl3N4O3/c1-3-24-14(23)20-13(22)9(6-18)7(2)21(19)12-10(16)4-8(15)5-11(12)17/h4-5H,3,19H2,1-2H3,(H,20,22,23)/b9-7+. The molecule has 2 amide bonds. The van der Waals surface area contributed by atoms with E-state index in [1.165, 1.54) is 19.1 Å². The number of carbonyl (C=O) groups excluding carboxylic acids is 2. The monoisotopic (exact) mass is 390 g/mol. The molecule has 0 heterocycles. The summed E-state index contributed by atoms with van der Waals surface area (Å²) in [4.78, 5) is 23.3. The van der Waals surface area contributed by atoms with Gasteiger partial charge in [0, 0.05) is 5.02 Å². The second-order valence-corrected chi connectivity index (χ2v) is 5.59. The number of allylic oxidation sites excluding steroid dienone is 1. The van der Waals surface area contributed by atoms with E-state index in [1.807, 2.05) is 5.32 Å². The molecule has 10 heteroatoms. The van der Waals surface area contributed by atoms with E-state index in [4.69, 9.17) is 40.6 Å². The minimum atomic E-state index is -0.978. The summed E-state index contributed by atoms with van der Waals surface area (Å²) in [6.45, 7) is 3.04. The van der Waals surface area contributed by atoms with Crippen molar-refractivity contribution in [2.75, 3.05) is 11.6 Å². The Balaban J connectivity index is 3.22. The van der Waals surface area contributed by atoms with Gasteiger partial charge in [-0.2, -0.15) is 5.26 Å². The van der Waals surface area contributed by atoms with E-state index in [-0.39, 0.29) is 28.0 Å². The van der Waals surface area contributed by atoms with Gasteiger partial charge in [0.2, 0.25) is 0 Å². The van der Waals surface area contributed by atoms with Crippen LogP contribution in [0.2, 0.25) is 15.1 Å². The molecule has 0 bridgehead atoms. The third kappa shape index (κ3) is 4.76. The normalized spacial score (nSPS) is 11.2. The Kier molecular flexibility index (Phi) is 7.32. The van der Waals surface area contributed by atoms with E-state index >= 15 is 0 Å². The topological polar surface area (TPSA) is 108 Å². The number of halogens is 3. The summed E-state index contributed by atoms with van der Waals surface area (Å²) >= 11 is 17.9. The third-order valence-electron chi connectivity index (χ3n) is 2.78. The lowest BCUT2D eigenvalue weighted by Crippen LogP contribution is -2.36. The number of hydrazine groups is 1. The molecule has 0 unspecified atom stereocenters. The Labute approximate surface area is 153 Å². The molecule has 0 fully saturated rings. The highest BCUT2D eigenvalue weighted by molar-refractivity contribution is 6.41. The van der Waals surface area contributed by atoms with E-state index in [0.29, 0.717) is 5.02 Å². The highest BCUT2D eigenvalue weighted by Gasteiger charge is 2.22. The lowest BCUT2D eigenvalue weighted by atomic mass is 10.2. The fourth-order valence-corrected chi connectivity index (χ4v) is 2.67. The summed E-state index contributed by atoms with van der Waals surface area (Å²) in [6, 6.07) is 4.49. The number of nitrogens with two attached hydrogens (primary N) is 1. The number of rotatable bonds is 4. The number of amides is 2. The van der Waals surface area contributed by atoms with Crippen molar-refractivity contribution in [1.29, 1.82) is 5.26 Å². The van der Waals surface area contributed by atoms with Gasteiger partial charge < -0.3 is 4.74 Å². The first-order valence-corrected chi connectivity index (χ1v) is 7.64. The van der Waals surface area contributed by atoms with Crippen molar-refractivity contribution in [1.82, 2.24) is 5.32 Å². The zero-order valence-corrected chi connectivity index (χ0v) is 15.0. The number of nitrogens with zero attached hydrogens (tertiary/aromatic N) is 2. The molecule has 0 aliphatic carbocycles. The van der Waals surface area contributed by atoms with E-state index in [2.05, 4.69) is 4.74 Å². The Morgan fingerprint density at radius 3 is 2.33 bits per heavy atom. The van der Waals surface area contributed by atoms with Crippen molar-refractivity contribution in [3.8, 4) is 6.07 Å². The van der Waals surface area contributed by atoms with Crippen molar-refractivity contribution in [3.05, 3.63) is 38.5 Å². The van der Waals surface area contributed by atoms with Gasteiger partial charge >= 0.3 is 6.09 Å². The molecule has 1 aromatic rings. The third-order valence-corrected chi connectivity index (χ3v) is 3.57. The Hall–Kier alpha value is -1.98. The van der Waals surface area contributed by atoms with Crippen LogP contribution in [0.15, 0.2) is 23.4 Å². The first kappa shape index (κ1) is 20.1. The molecular weight excluding hydrogens is 379 g/mol. The molecule has 24 heavy (non-hydrogen) atoms. The number of benzene rings is 1. The predicted molar refractivity (Wildman–Crippen MR) is 91.6 cm³/mol. The fourth-order valence-electron chi connectivity index (χ4n) is 1.67. The fraction of sp³-hybridized carbons (Fsp3) is 0.214. The minimum absolute atomic E-state index is 0.0189. The van der Waals surface area contributed by atoms with Crippen LogP contribution < -0.4 is 16.2 Å². The smallest absolute Gasteiger partial charge is 0.414 e. The average Bonchev–Trinajstić information content (AvgIpc) is 2.46. The van der Waals surface area contributed by atoms with Crippen molar-refractivity contribution in [3.63, 3.8) is 0 Å². The number of imide groups is 1. The molecule has 0 saturated carbocycles. The van der Waals surface area contributed by atoms with Gasteiger partial charge in [-0.1, -0.05) is 34.8 Å². The molecule has 0 aliphatic rings. The van der Waals surface area contributed by atoms with Gasteiger partial charge in [-0.3, -0.25) is 15.1 Å². The van der Waals surface area contributed by atoms with Gasteiger partial charge in [0.1, 0.15) is 11.6 Å². The number of ether oxygens (including phenoxy) is 1. The largest absolute Gasteiger partial charge is 0.450 e. The summed E-state index contributed by atoms with van der Waals surface area (Å²) in [5, 5.41) is 12.6. The maximum absolute atomic E-state index is 12.0. The van der Waals surface area contributed by atoms with Crippen molar-refractivity contribution < 1.29 is 14.3 Å². The van der Waals surface area contributed by atoms with Gasteiger partial charge in [-0.25, -0.2) is 10.6 Å². The van der Waals surface area contributed by atoms with Gasteiger partial charge in [-0.15, -0.1) is 0 Å². The first-order valence-electron chi connectivity index (χ1n) is 6.51. The van der Waals surface area contributed by atoms with Crippen LogP contribution in [0.25, 0.3) is 0 Å². The van der Waals surface area contributed by atoms with E-state index in [1.54, 1.807) is 13.0 Å². The van der Waals surface area contributed by atoms with Crippen LogP contribution >= 0.6 is 34.8 Å². The molecule has 0 aliphatic heterocycles. The van der Waals surface area contributed by atoms with Crippen LogP contribution in [0.3, 0.4) is 0 Å². The quantitative estimate of drug-likeness (QED) is 0.352. The predicted octanol–water partition coefficient (Wildman–Crippen LogP) is 3.40. The highest BCUT2D eigenvalue weighted by Crippen LogP contribution is 2.37. The van der Waals surface area contributed by atoms with Crippen molar-refractivity contribution in [2.24, 2.45) is 5.84 Å². The molecule has 1 aromatic carbocycles. The number of hydrogen-bond donors (Lipinski definition) is 2. The maximum Gasteiger partial charge on any atom is 0.414 e. The summed E-state index contributed by atoms with van der Waals surface area (Å²) in [5.74, 6) is 4.94. The highest BCUT2D eigenvalue weighted by atomic mass is 35.5. The second kappa shape index (κ2) is 8.76. The molecule has 0 spiro atoms. The Morgan fingerprint density at radius 1 is 1.33 bits per heavy atom. The second-order valence-electron chi connectivity index (χ2n) is 4.33. The van der Waals surface area contributed by atoms with Crippen LogP contribution in [0.4, 0.5) is 10.5 Å². The Morgan fingerprint density at radius 2 is 1.88 bits per heavy atom. The molecule has 1 rings (SSSR count). The molecular formula is C14H13Cl3N4O3. The van der Waals surface area contributed by atoms with Crippen LogP contribution in [0.5, 0.6) is 0 Å². The molecule has 0 atom stereocenters. The van der Waals surface area contributed by atoms with Gasteiger partial charge in [0.25, 0.3) is 5.91 Å². The molecule has 3 N–H and O–H groups in total. The number of carbonyl (C=O) groups is 2. The summed E-state index contributed by atoms with van der Waals surface area (Å²) in [5.41, 5.74) is -0.241. The maximum atomic E-state index is 12.0. The number of hydrogen-bond acceptors (Lipinski definition) is 6. The number of anilines is 1. The van der Waals surface area contributed by atoms with Crippen LogP contribution in [0.1, 0.15) is 13.8 Å². The molecule has 128 valence electrons. The summed E-state index contributed by atoms with van der Waals surface area (Å²) in [7, 11) is 0. The number of nitriles is 1. The zero-order chi connectivity index (χ0) is 18.4. The molecule has 0 aromatic heterocycles. The molecule has 0 radical (unpaired) electrons. The lowest BCUT2D eigenvalue weighted by molar-refractivity contribution is -0.116. The number of alkyl carbamates (subject to hydrolysis) is 1. The zero-order valence-electron chi connectivity index (χ0n) is 12.7. The van der Waals surface area contributed by atoms with Gasteiger partial charge in [0.05, 0.1) is 28.0 Å². The SMILES string of the molecule is CCOC(=O)NC(=O)/C(C#N)=C(\C)N(N)c1c(Cl)cc(Cl)cc1Cl. The van der Waals surface area contributed by atoms with Crippen molar-refractivity contribution in [2.45, 2.75) is 13.8 Å².